The van der Waals surface area contributed by atoms with E-state index in [-0.39, 0.29) is 12.3 Å². The molecule has 0 fully saturated rings. The first kappa shape index (κ1) is 18.6. The van der Waals surface area contributed by atoms with Crippen molar-refractivity contribution in [3.05, 3.63) is 76.3 Å². The van der Waals surface area contributed by atoms with Gasteiger partial charge in [0.2, 0.25) is 5.91 Å². The molecule has 1 amide bonds. The van der Waals surface area contributed by atoms with Gasteiger partial charge in [0, 0.05) is 10.9 Å². The SMILES string of the molecule is Cc1ccccc1COc1ccccc1/C=N/NC(=O)Cc1csc(N)n1. The predicted octanol–water partition coefficient (Wildman–Crippen LogP) is 3.31. The first-order valence-corrected chi connectivity index (χ1v) is 9.28. The van der Waals surface area contributed by atoms with Crippen LogP contribution in [-0.2, 0) is 17.8 Å². The first-order chi connectivity index (χ1) is 13.1. The van der Waals surface area contributed by atoms with Crippen molar-refractivity contribution in [3.63, 3.8) is 0 Å². The highest BCUT2D eigenvalue weighted by atomic mass is 32.1. The van der Waals surface area contributed by atoms with Crippen LogP contribution in [0.4, 0.5) is 5.13 Å². The van der Waals surface area contributed by atoms with E-state index in [0.717, 1.165) is 11.1 Å². The number of aromatic nitrogens is 1. The molecule has 1 aromatic heterocycles. The maximum atomic E-state index is 11.9. The van der Waals surface area contributed by atoms with Crippen LogP contribution in [0.5, 0.6) is 5.75 Å². The van der Waals surface area contributed by atoms with Gasteiger partial charge in [-0.3, -0.25) is 4.79 Å². The number of ether oxygens (including phenoxy) is 1. The molecule has 0 atom stereocenters. The second-order valence-electron chi connectivity index (χ2n) is 5.90. The number of carbonyl (C=O) groups excluding carboxylic acids is 1. The van der Waals surface area contributed by atoms with Crippen molar-refractivity contribution in [2.75, 3.05) is 5.73 Å². The third-order valence-electron chi connectivity index (χ3n) is 3.87. The van der Waals surface area contributed by atoms with Crippen LogP contribution in [0.2, 0.25) is 0 Å². The van der Waals surface area contributed by atoms with Crippen molar-refractivity contribution in [2.45, 2.75) is 20.0 Å². The molecule has 0 unspecified atom stereocenters. The number of thiazole rings is 1. The highest BCUT2D eigenvalue weighted by molar-refractivity contribution is 7.13. The van der Waals surface area contributed by atoms with Crippen LogP contribution in [0.1, 0.15) is 22.4 Å². The van der Waals surface area contributed by atoms with E-state index in [4.69, 9.17) is 10.5 Å². The van der Waals surface area contributed by atoms with Gasteiger partial charge in [0.15, 0.2) is 5.13 Å². The van der Waals surface area contributed by atoms with Gasteiger partial charge in [-0.05, 0) is 30.2 Å². The summed E-state index contributed by atoms with van der Waals surface area (Å²) in [6.07, 6.45) is 1.71. The zero-order valence-corrected chi connectivity index (χ0v) is 15.7. The largest absolute Gasteiger partial charge is 0.488 e. The average molecular weight is 380 g/mol. The smallest absolute Gasteiger partial charge is 0.246 e. The van der Waals surface area contributed by atoms with Crippen LogP contribution in [0, 0.1) is 6.92 Å². The molecule has 6 nitrogen and oxygen atoms in total. The molecule has 0 aliphatic rings. The number of rotatable bonds is 7. The first-order valence-electron chi connectivity index (χ1n) is 8.40. The van der Waals surface area contributed by atoms with Crippen LogP contribution in [0.25, 0.3) is 0 Å². The molecule has 1 heterocycles. The quantitative estimate of drug-likeness (QED) is 0.486. The Kier molecular flexibility index (Phi) is 6.17. The summed E-state index contributed by atoms with van der Waals surface area (Å²) in [6, 6.07) is 15.6. The zero-order valence-electron chi connectivity index (χ0n) is 14.9. The molecule has 2 aromatic carbocycles. The van der Waals surface area contributed by atoms with E-state index in [1.165, 1.54) is 16.9 Å². The van der Waals surface area contributed by atoms with Gasteiger partial charge in [0.25, 0.3) is 0 Å². The molecular weight excluding hydrogens is 360 g/mol. The van der Waals surface area contributed by atoms with E-state index in [9.17, 15) is 4.79 Å². The number of aryl methyl sites for hydroxylation is 1. The molecule has 0 bridgehead atoms. The normalized spacial score (nSPS) is 10.9. The summed E-state index contributed by atoms with van der Waals surface area (Å²) < 4.78 is 5.93. The Morgan fingerprint density at radius 1 is 1.26 bits per heavy atom. The number of nitrogens with one attached hydrogen (secondary N) is 1. The lowest BCUT2D eigenvalue weighted by atomic mass is 10.1. The summed E-state index contributed by atoms with van der Waals surface area (Å²) in [4.78, 5) is 16.0. The number of nitrogen functional groups attached to an aromatic ring is 1. The van der Waals surface area contributed by atoms with Crippen LogP contribution >= 0.6 is 11.3 Å². The highest BCUT2D eigenvalue weighted by Crippen LogP contribution is 2.18. The van der Waals surface area contributed by atoms with Crippen LogP contribution in [0.15, 0.2) is 59.0 Å². The Bertz CT molecular complexity index is 952. The summed E-state index contributed by atoms with van der Waals surface area (Å²) in [5.74, 6) is 0.445. The summed E-state index contributed by atoms with van der Waals surface area (Å²) in [5, 5.41) is 6.22. The van der Waals surface area contributed by atoms with Crippen LogP contribution in [-0.4, -0.2) is 17.1 Å². The minimum Gasteiger partial charge on any atom is -0.488 e. The summed E-state index contributed by atoms with van der Waals surface area (Å²) in [5.41, 5.74) is 11.8. The topological polar surface area (TPSA) is 89.6 Å². The predicted molar refractivity (Wildman–Crippen MR) is 108 cm³/mol. The Morgan fingerprint density at radius 3 is 2.81 bits per heavy atom. The van der Waals surface area contributed by atoms with E-state index in [2.05, 4.69) is 28.5 Å². The molecule has 3 rings (SSSR count). The molecule has 7 heteroatoms. The maximum Gasteiger partial charge on any atom is 0.246 e. The fourth-order valence-corrected chi connectivity index (χ4v) is 2.99. The number of benzene rings is 2. The number of hydrogen-bond donors (Lipinski definition) is 2. The lowest BCUT2D eigenvalue weighted by molar-refractivity contribution is -0.120. The second kappa shape index (κ2) is 8.95. The van der Waals surface area contributed by atoms with Crippen molar-refractivity contribution >= 4 is 28.6 Å². The Morgan fingerprint density at radius 2 is 2.04 bits per heavy atom. The van der Waals surface area contributed by atoms with Gasteiger partial charge >= 0.3 is 0 Å². The standard InChI is InChI=1S/C20H20N4O2S/c1-14-6-2-3-8-16(14)12-26-18-9-5-4-7-15(18)11-22-24-19(25)10-17-13-27-20(21)23-17/h2-9,11,13H,10,12H2,1H3,(H2,21,23)(H,24,25)/b22-11+. The van der Waals surface area contributed by atoms with E-state index in [1.54, 1.807) is 11.6 Å². The number of para-hydroxylation sites is 1. The Balaban J connectivity index is 1.59. The van der Waals surface area contributed by atoms with Crippen molar-refractivity contribution in [2.24, 2.45) is 5.10 Å². The van der Waals surface area contributed by atoms with Crippen molar-refractivity contribution in [1.29, 1.82) is 0 Å². The number of amides is 1. The number of nitrogens with two attached hydrogens (primary N) is 1. The second-order valence-corrected chi connectivity index (χ2v) is 6.79. The van der Waals surface area contributed by atoms with E-state index < -0.39 is 0 Å². The van der Waals surface area contributed by atoms with Gasteiger partial charge in [-0.25, -0.2) is 10.4 Å². The monoisotopic (exact) mass is 380 g/mol. The van der Waals surface area contributed by atoms with Gasteiger partial charge in [0.1, 0.15) is 12.4 Å². The average Bonchev–Trinajstić information content (AvgIpc) is 3.06. The zero-order chi connectivity index (χ0) is 19.1. The number of hydrogen-bond acceptors (Lipinski definition) is 6. The van der Waals surface area contributed by atoms with Gasteiger partial charge in [0.05, 0.1) is 18.3 Å². The minimum atomic E-state index is -0.255. The Hall–Kier alpha value is -3.19. The highest BCUT2D eigenvalue weighted by Gasteiger charge is 2.06. The maximum absolute atomic E-state index is 11.9. The summed E-state index contributed by atoms with van der Waals surface area (Å²) in [6.45, 7) is 2.52. The van der Waals surface area contributed by atoms with Gasteiger partial charge in [-0.1, -0.05) is 36.4 Å². The molecule has 0 saturated carbocycles. The third-order valence-corrected chi connectivity index (χ3v) is 4.59. The summed E-state index contributed by atoms with van der Waals surface area (Å²) in [7, 11) is 0. The minimum absolute atomic E-state index is 0.135. The fraction of sp³-hybridized carbons (Fsp3) is 0.150. The summed E-state index contributed by atoms with van der Waals surface area (Å²) >= 11 is 1.31. The molecule has 0 spiro atoms. The molecule has 0 saturated heterocycles. The van der Waals surface area contributed by atoms with E-state index in [1.807, 2.05) is 42.5 Å². The molecule has 0 aliphatic carbocycles. The van der Waals surface area contributed by atoms with Crippen molar-refractivity contribution in [3.8, 4) is 5.75 Å². The van der Waals surface area contributed by atoms with Gasteiger partial charge < -0.3 is 10.5 Å². The molecule has 3 N–H and O–H groups in total. The van der Waals surface area contributed by atoms with Crippen LogP contribution < -0.4 is 15.9 Å². The van der Waals surface area contributed by atoms with Gasteiger partial charge in [-0.15, -0.1) is 11.3 Å². The molecule has 27 heavy (non-hydrogen) atoms. The number of hydrazone groups is 1. The number of nitrogens with zero attached hydrogens (tertiary/aromatic N) is 2. The van der Waals surface area contributed by atoms with Crippen molar-refractivity contribution in [1.82, 2.24) is 10.4 Å². The molecule has 138 valence electrons. The third kappa shape index (κ3) is 5.39. The van der Waals surface area contributed by atoms with Crippen molar-refractivity contribution < 1.29 is 9.53 Å². The van der Waals surface area contributed by atoms with Crippen LogP contribution in [0.3, 0.4) is 0 Å². The lowest BCUT2D eigenvalue weighted by Gasteiger charge is -2.10. The molecule has 0 radical (unpaired) electrons. The Labute approximate surface area is 161 Å². The van der Waals surface area contributed by atoms with E-state index >= 15 is 0 Å². The number of carbonyl (C=O) groups is 1. The molecular formula is C20H20N4O2S. The van der Waals surface area contributed by atoms with Gasteiger partial charge in [-0.2, -0.15) is 5.10 Å². The fourth-order valence-electron chi connectivity index (χ4n) is 2.43. The lowest BCUT2D eigenvalue weighted by Crippen LogP contribution is -2.20. The van der Waals surface area contributed by atoms with E-state index in [0.29, 0.717) is 23.2 Å². The number of anilines is 1. The molecule has 3 aromatic rings. The molecule has 0 aliphatic heterocycles.